The lowest BCUT2D eigenvalue weighted by molar-refractivity contribution is -0.149. The predicted octanol–water partition coefficient (Wildman–Crippen LogP) is 7.03. The van der Waals surface area contributed by atoms with Crippen LogP contribution in [-0.4, -0.2) is 90.2 Å². The second kappa shape index (κ2) is 20.1. The summed E-state index contributed by atoms with van der Waals surface area (Å²) in [6, 6.07) is 13.3. The summed E-state index contributed by atoms with van der Waals surface area (Å²) in [5, 5.41) is 7.37. The van der Waals surface area contributed by atoms with Crippen molar-refractivity contribution in [2.45, 2.75) is 111 Å². The third kappa shape index (κ3) is 11.9. The van der Waals surface area contributed by atoms with Crippen LogP contribution in [0.5, 0.6) is 0 Å². The zero-order valence-electron chi connectivity index (χ0n) is 34.0. The topological polar surface area (TPSA) is 135 Å². The maximum absolute atomic E-state index is 14.2. The lowest BCUT2D eigenvalue weighted by Crippen LogP contribution is -2.48. The fourth-order valence-corrected chi connectivity index (χ4v) is 8.57. The first kappa shape index (κ1) is 43.6. The molecule has 2 aromatic carbocycles. The van der Waals surface area contributed by atoms with Gasteiger partial charge in [0.25, 0.3) is 5.91 Å². The number of thiazole rings is 1. The normalized spacial score (nSPS) is 17.6. The molecule has 12 heteroatoms. The maximum Gasteiger partial charge on any atom is 0.308 e. The predicted molar refractivity (Wildman–Crippen MR) is 216 cm³/mol. The highest BCUT2D eigenvalue weighted by Gasteiger charge is 2.37. The SMILES string of the molecule is COC(=O)[C@@H](C)C[C@H](Cc1ccc2ccccc2c1)NC(=O)c1csc([C@@H](C[C@H](C(C)C)N(C)C(=O)[C@@H](CC(=O)[C@H]2CCCCN2C)C(C)C)OC(C)=O)n1. The van der Waals surface area contributed by atoms with Crippen LogP contribution in [0, 0.1) is 23.7 Å². The summed E-state index contributed by atoms with van der Waals surface area (Å²) < 4.78 is 10.8. The van der Waals surface area contributed by atoms with E-state index in [4.69, 9.17) is 9.47 Å². The van der Waals surface area contributed by atoms with Crippen LogP contribution in [0.4, 0.5) is 0 Å². The molecular weight excluding hydrogens is 717 g/mol. The van der Waals surface area contributed by atoms with Gasteiger partial charge in [-0.2, -0.15) is 0 Å². The first-order valence-electron chi connectivity index (χ1n) is 19.6. The highest BCUT2D eigenvalue weighted by molar-refractivity contribution is 7.09. The molecule has 0 spiro atoms. The van der Waals surface area contributed by atoms with Gasteiger partial charge < -0.3 is 19.7 Å². The van der Waals surface area contributed by atoms with Crippen molar-refractivity contribution in [3.8, 4) is 0 Å². The third-order valence-corrected chi connectivity index (χ3v) is 11.9. The van der Waals surface area contributed by atoms with Crippen LogP contribution < -0.4 is 5.32 Å². The van der Waals surface area contributed by atoms with E-state index in [0.717, 1.165) is 42.1 Å². The van der Waals surface area contributed by atoms with Crippen molar-refractivity contribution in [1.82, 2.24) is 20.1 Å². The van der Waals surface area contributed by atoms with Gasteiger partial charge in [0.05, 0.1) is 19.1 Å². The molecule has 1 aliphatic rings. The molecule has 0 bridgehead atoms. The standard InChI is InChI=1S/C43H60N4O7S/c1-26(2)34(23-38(49)36-16-12-13-19-46(36)7)42(51)47(8)37(27(3)4)24-39(54-29(6)48)41-45-35(25-55-41)40(50)44-33(20-28(5)43(52)53-9)22-30-17-18-31-14-10-11-15-32(31)21-30/h10-11,14-15,17-18,21,25-28,33-34,36-37,39H,12-13,16,19-20,22-24H2,1-9H3,(H,44,50)/t28-,33+,34-,36+,37+,39+/m0/s1. The molecule has 0 saturated carbocycles. The zero-order valence-corrected chi connectivity index (χ0v) is 34.8. The molecule has 2 amide bonds. The molecule has 1 aliphatic heterocycles. The van der Waals surface area contributed by atoms with Gasteiger partial charge in [-0.3, -0.25) is 28.9 Å². The van der Waals surface area contributed by atoms with Crippen LogP contribution in [-0.2, 0) is 35.1 Å². The first-order chi connectivity index (χ1) is 26.1. The number of benzene rings is 2. The molecule has 4 rings (SSSR count). The maximum atomic E-state index is 14.2. The minimum Gasteiger partial charge on any atom is -0.469 e. The van der Waals surface area contributed by atoms with E-state index in [2.05, 4.69) is 21.3 Å². The minimum atomic E-state index is -0.811. The van der Waals surface area contributed by atoms with E-state index in [1.807, 2.05) is 71.1 Å². The number of piperidine rings is 1. The van der Waals surface area contributed by atoms with Crippen molar-refractivity contribution in [2.75, 3.05) is 27.7 Å². The number of ether oxygens (including phenoxy) is 2. The number of aromatic nitrogens is 1. The number of ketones is 1. The van der Waals surface area contributed by atoms with Crippen molar-refractivity contribution in [1.29, 1.82) is 0 Å². The van der Waals surface area contributed by atoms with Crippen molar-refractivity contribution < 1.29 is 33.4 Å². The van der Waals surface area contributed by atoms with E-state index in [1.54, 1.807) is 24.3 Å². The molecule has 1 N–H and O–H groups in total. The van der Waals surface area contributed by atoms with Crippen LogP contribution in [0.1, 0.15) is 107 Å². The van der Waals surface area contributed by atoms with E-state index in [9.17, 15) is 24.0 Å². The number of carbonyl (C=O) groups excluding carboxylic acids is 5. The van der Waals surface area contributed by atoms with Crippen molar-refractivity contribution in [3.63, 3.8) is 0 Å². The quantitative estimate of drug-likeness (QED) is 0.135. The summed E-state index contributed by atoms with van der Waals surface area (Å²) in [6.45, 7) is 12.0. The number of nitrogens with one attached hydrogen (secondary N) is 1. The van der Waals surface area contributed by atoms with Crippen molar-refractivity contribution in [2.24, 2.45) is 23.7 Å². The van der Waals surface area contributed by atoms with E-state index < -0.39 is 35.9 Å². The Bertz CT molecular complexity index is 1790. The molecule has 0 unspecified atom stereocenters. The molecule has 1 saturated heterocycles. The number of carbonyl (C=O) groups is 5. The summed E-state index contributed by atoms with van der Waals surface area (Å²) >= 11 is 1.22. The molecule has 11 nitrogen and oxygen atoms in total. The summed E-state index contributed by atoms with van der Waals surface area (Å²) in [6.07, 6.45) is 3.37. The van der Waals surface area contributed by atoms with Gasteiger partial charge in [-0.1, -0.05) is 83.5 Å². The van der Waals surface area contributed by atoms with Crippen LogP contribution in [0.2, 0.25) is 0 Å². The molecule has 1 fully saturated rings. The number of fused-ring (bicyclic) bond motifs is 1. The van der Waals surface area contributed by atoms with Gasteiger partial charge in [-0.25, -0.2) is 4.98 Å². The van der Waals surface area contributed by atoms with Gasteiger partial charge in [0.15, 0.2) is 11.9 Å². The Morgan fingerprint density at radius 2 is 1.69 bits per heavy atom. The number of rotatable bonds is 18. The Kier molecular flexibility index (Phi) is 15.9. The highest BCUT2D eigenvalue weighted by atomic mass is 32.1. The van der Waals surface area contributed by atoms with E-state index >= 15 is 0 Å². The lowest BCUT2D eigenvalue weighted by atomic mass is 9.84. The molecule has 3 aromatic rings. The Balaban J connectivity index is 1.52. The molecule has 1 aromatic heterocycles. The van der Waals surface area contributed by atoms with Gasteiger partial charge in [0.2, 0.25) is 5.91 Å². The van der Waals surface area contributed by atoms with E-state index in [1.165, 1.54) is 25.4 Å². The monoisotopic (exact) mass is 776 g/mol. The number of nitrogens with zero attached hydrogens (tertiary/aromatic N) is 3. The molecule has 300 valence electrons. The Morgan fingerprint density at radius 1 is 0.982 bits per heavy atom. The van der Waals surface area contributed by atoms with E-state index in [-0.39, 0.29) is 60.1 Å². The molecule has 55 heavy (non-hydrogen) atoms. The van der Waals surface area contributed by atoms with Crippen molar-refractivity contribution >= 4 is 51.6 Å². The lowest BCUT2D eigenvalue weighted by Gasteiger charge is -2.37. The molecular formula is C43H60N4O7S. The van der Waals surface area contributed by atoms with Gasteiger partial charge >= 0.3 is 11.9 Å². The molecule has 2 heterocycles. The van der Waals surface area contributed by atoms with Gasteiger partial charge in [-0.05, 0) is 67.4 Å². The van der Waals surface area contributed by atoms with Gasteiger partial charge in [0.1, 0.15) is 10.7 Å². The van der Waals surface area contributed by atoms with Crippen molar-refractivity contribution in [3.05, 3.63) is 64.1 Å². The number of amides is 2. The number of likely N-dealkylation sites (tertiary alicyclic amines) is 1. The second-order valence-corrected chi connectivity index (χ2v) is 16.8. The van der Waals surface area contributed by atoms with Gasteiger partial charge in [0, 0.05) is 50.2 Å². The fourth-order valence-electron chi connectivity index (χ4n) is 7.73. The first-order valence-corrected chi connectivity index (χ1v) is 20.5. The zero-order chi connectivity index (χ0) is 40.4. The van der Waals surface area contributed by atoms with Gasteiger partial charge in [-0.15, -0.1) is 11.3 Å². The Morgan fingerprint density at radius 3 is 2.33 bits per heavy atom. The summed E-state index contributed by atoms with van der Waals surface area (Å²) in [7, 11) is 5.09. The Labute approximate surface area is 330 Å². The molecule has 0 radical (unpaired) electrons. The number of hydrogen-bond acceptors (Lipinski definition) is 10. The number of methoxy groups -OCH3 is 1. The van der Waals surface area contributed by atoms with Crippen LogP contribution in [0.3, 0.4) is 0 Å². The van der Waals surface area contributed by atoms with Crippen LogP contribution >= 0.6 is 11.3 Å². The number of Topliss-reactive ketones (excluding diaryl/α,β-unsaturated/α-hetero) is 1. The summed E-state index contributed by atoms with van der Waals surface area (Å²) in [5.74, 6) is -2.28. The average molecular weight is 777 g/mol. The second-order valence-electron chi connectivity index (χ2n) is 15.9. The fraction of sp³-hybridized carbons (Fsp3) is 0.581. The molecule has 0 aliphatic carbocycles. The van der Waals surface area contributed by atoms with Crippen LogP contribution in [0.25, 0.3) is 10.8 Å². The van der Waals surface area contributed by atoms with Crippen LogP contribution in [0.15, 0.2) is 47.8 Å². The van der Waals surface area contributed by atoms with E-state index in [0.29, 0.717) is 17.8 Å². The summed E-state index contributed by atoms with van der Waals surface area (Å²) in [5.41, 5.74) is 1.18. The largest absolute Gasteiger partial charge is 0.469 e. The Hall–Kier alpha value is -4.16. The highest BCUT2D eigenvalue weighted by Crippen LogP contribution is 2.32. The minimum absolute atomic E-state index is 0.0182. The number of likely N-dealkylation sites (N-methyl/N-ethyl adjacent to an activating group) is 1. The number of esters is 2. The third-order valence-electron chi connectivity index (χ3n) is 11.0. The smallest absolute Gasteiger partial charge is 0.308 e. The summed E-state index contributed by atoms with van der Waals surface area (Å²) in [4.78, 5) is 74.7. The number of hydrogen-bond donors (Lipinski definition) is 1. The average Bonchev–Trinajstić information content (AvgIpc) is 3.65. The molecule has 6 atom stereocenters.